The van der Waals surface area contributed by atoms with Gasteiger partial charge in [-0.2, -0.15) is 0 Å². The number of aromatic nitrogens is 7. The molecule has 0 radical (unpaired) electrons. The van der Waals surface area contributed by atoms with E-state index >= 15 is 0 Å². The Morgan fingerprint density at radius 3 is 2.64 bits per heavy atom. The minimum absolute atomic E-state index is 0.447. The Bertz CT molecular complexity index is 1400. The van der Waals surface area contributed by atoms with E-state index in [0.29, 0.717) is 12.0 Å². The van der Waals surface area contributed by atoms with Crippen LogP contribution in [0.1, 0.15) is 25.1 Å². The average molecular weight is 439 g/mol. The van der Waals surface area contributed by atoms with E-state index in [1.807, 2.05) is 52.4 Å². The molecule has 0 unspecified atom stereocenters. The second-order valence-corrected chi connectivity index (χ2v) is 9.67. The van der Waals surface area contributed by atoms with Crippen LogP contribution in [0.15, 0.2) is 73.7 Å². The molecule has 0 bridgehead atoms. The van der Waals surface area contributed by atoms with Crippen LogP contribution in [-0.4, -0.2) is 51.9 Å². The summed E-state index contributed by atoms with van der Waals surface area (Å²) in [6, 6.07) is 10.3. The second kappa shape index (κ2) is 7.67. The van der Waals surface area contributed by atoms with Crippen molar-refractivity contribution in [3.8, 4) is 16.9 Å². The smallest absolute Gasteiger partial charge is 0.137 e. The van der Waals surface area contributed by atoms with Gasteiger partial charge in [-0.15, -0.1) is 5.10 Å². The van der Waals surface area contributed by atoms with E-state index in [9.17, 15) is 0 Å². The first-order valence-corrected chi connectivity index (χ1v) is 11.2. The van der Waals surface area contributed by atoms with Crippen LogP contribution >= 0.6 is 0 Å². The van der Waals surface area contributed by atoms with Crippen molar-refractivity contribution in [2.24, 2.45) is 5.41 Å². The number of rotatable bonds is 6. The largest absolute Gasteiger partial charge is 0.322 e. The van der Waals surface area contributed by atoms with Crippen LogP contribution in [0.4, 0.5) is 0 Å². The van der Waals surface area contributed by atoms with Crippen LogP contribution in [0.5, 0.6) is 0 Å². The number of hydrogen-bond donors (Lipinski definition) is 0. The second-order valence-electron chi connectivity index (χ2n) is 9.67. The molecule has 0 spiro atoms. The summed E-state index contributed by atoms with van der Waals surface area (Å²) in [6.45, 7) is 8.49. The Morgan fingerprint density at radius 2 is 1.82 bits per heavy atom. The normalized spacial score (nSPS) is 15.7. The standard InChI is InChI=1S/C25H26N8/c1-25(2)17-30(18-25)12-19-5-6-24-27-21(14-32(24)13-19)15-33-16-23(28-29-33)20-9-22(11-26-10-20)31-7-3-4-8-31/h3-11,13-14,16H,12,15,17-18H2,1-2H3. The fourth-order valence-electron chi connectivity index (χ4n) is 4.68. The predicted octanol–water partition coefficient (Wildman–Crippen LogP) is 3.67. The number of imidazole rings is 1. The Labute approximate surface area is 192 Å². The molecule has 6 rings (SSSR count). The van der Waals surface area contributed by atoms with Crippen LogP contribution < -0.4 is 0 Å². The maximum absolute atomic E-state index is 4.76. The summed E-state index contributed by atoms with van der Waals surface area (Å²) >= 11 is 0. The van der Waals surface area contributed by atoms with Gasteiger partial charge in [-0.3, -0.25) is 9.88 Å². The van der Waals surface area contributed by atoms with Crippen molar-refractivity contribution < 1.29 is 0 Å². The lowest BCUT2D eigenvalue weighted by Crippen LogP contribution is -2.52. The highest BCUT2D eigenvalue weighted by Crippen LogP contribution is 2.30. The zero-order valence-corrected chi connectivity index (χ0v) is 18.8. The van der Waals surface area contributed by atoms with Gasteiger partial charge >= 0.3 is 0 Å². The van der Waals surface area contributed by atoms with Gasteiger partial charge in [0.05, 0.1) is 30.3 Å². The molecule has 1 saturated heterocycles. The fraction of sp³-hybridized carbons (Fsp3) is 0.280. The van der Waals surface area contributed by atoms with Crippen molar-refractivity contribution in [2.75, 3.05) is 13.1 Å². The molecule has 33 heavy (non-hydrogen) atoms. The Hall–Kier alpha value is -3.78. The number of nitrogens with zero attached hydrogens (tertiary/aromatic N) is 8. The SMILES string of the molecule is CC1(C)CN(Cc2ccc3nc(Cn4cc(-c5cncc(-n6cccc6)c5)nn4)cn3c2)C1. The molecular weight excluding hydrogens is 412 g/mol. The van der Waals surface area contributed by atoms with E-state index in [-0.39, 0.29) is 0 Å². The highest BCUT2D eigenvalue weighted by molar-refractivity contribution is 5.59. The van der Waals surface area contributed by atoms with Gasteiger partial charge in [-0.25, -0.2) is 9.67 Å². The van der Waals surface area contributed by atoms with Crippen molar-refractivity contribution in [3.63, 3.8) is 0 Å². The monoisotopic (exact) mass is 438 g/mol. The van der Waals surface area contributed by atoms with Crippen LogP contribution in [0, 0.1) is 5.41 Å². The fourth-order valence-corrected chi connectivity index (χ4v) is 4.68. The summed E-state index contributed by atoms with van der Waals surface area (Å²) < 4.78 is 5.95. The van der Waals surface area contributed by atoms with Gasteiger partial charge in [0.2, 0.25) is 0 Å². The van der Waals surface area contributed by atoms with E-state index < -0.39 is 0 Å². The van der Waals surface area contributed by atoms with Crippen molar-refractivity contribution in [1.82, 2.24) is 38.8 Å². The van der Waals surface area contributed by atoms with E-state index in [4.69, 9.17) is 4.98 Å². The first-order chi connectivity index (χ1) is 16.0. The van der Waals surface area contributed by atoms with E-state index in [0.717, 1.165) is 47.9 Å². The third-order valence-electron chi connectivity index (χ3n) is 6.06. The van der Waals surface area contributed by atoms with Gasteiger partial charge in [0, 0.05) is 56.2 Å². The molecule has 0 saturated carbocycles. The molecule has 6 heterocycles. The van der Waals surface area contributed by atoms with E-state index in [1.165, 1.54) is 5.56 Å². The average Bonchev–Trinajstić information content (AvgIpc) is 3.53. The zero-order chi connectivity index (χ0) is 22.4. The number of pyridine rings is 2. The lowest BCUT2D eigenvalue weighted by Gasteiger charge is -2.45. The highest BCUT2D eigenvalue weighted by atomic mass is 15.4. The topological polar surface area (TPSA) is 69.1 Å². The van der Waals surface area contributed by atoms with Crippen LogP contribution in [0.3, 0.4) is 0 Å². The molecule has 0 aliphatic carbocycles. The van der Waals surface area contributed by atoms with Crippen molar-refractivity contribution >= 4 is 5.65 Å². The van der Waals surface area contributed by atoms with Gasteiger partial charge in [0.15, 0.2) is 0 Å². The Balaban J connectivity index is 1.18. The lowest BCUT2D eigenvalue weighted by atomic mass is 9.84. The molecule has 166 valence electrons. The minimum atomic E-state index is 0.447. The highest BCUT2D eigenvalue weighted by Gasteiger charge is 2.33. The molecule has 0 atom stereocenters. The molecule has 5 aromatic rings. The van der Waals surface area contributed by atoms with Crippen molar-refractivity contribution in [2.45, 2.75) is 26.9 Å². The summed E-state index contributed by atoms with van der Waals surface area (Å²) in [4.78, 5) is 11.6. The summed E-state index contributed by atoms with van der Waals surface area (Å²) in [6.07, 6.45) is 13.8. The van der Waals surface area contributed by atoms with Crippen LogP contribution in [0.2, 0.25) is 0 Å². The summed E-state index contributed by atoms with van der Waals surface area (Å²) in [5.41, 5.74) is 6.36. The third-order valence-corrected chi connectivity index (χ3v) is 6.06. The summed E-state index contributed by atoms with van der Waals surface area (Å²) in [5, 5.41) is 8.67. The first kappa shape index (κ1) is 19.9. The maximum Gasteiger partial charge on any atom is 0.137 e. The molecule has 0 N–H and O–H groups in total. The Kier molecular flexibility index (Phi) is 4.62. The molecule has 1 fully saturated rings. The van der Waals surface area contributed by atoms with Gasteiger partial charge in [-0.1, -0.05) is 25.1 Å². The van der Waals surface area contributed by atoms with Crippen molar-refractivity contribution in [3.05, 3.63) is 85.0 Å². The molecular formula is C25H26N8. The Morgan fingerprint density at radius 1 is 0.970 bits per heavy atom. The number of fused-ring (bicyclic) bond motifs is 1. The molecule has 1 aliphatic heterocycles. The van der Waals surface area contributed by atoms with E-state index in [1.54, 1.807) is 0 Å². The molecule has 8 nitrogen and oxygen atoms in total. The van der Waals surface area contributed by atoms with E-state index in [2.05, 4.69) is 69.0 Å². The predicted molar refractivity (Wildman–Crippen MR) is 126 cm³/mol. The van der Waals surface area contributed by atoms with Gasteiger partial charge in [0.1, 0.15) is 11.3 Å². The first-order valence-electron chi connectivity index (χ1n) is 11.2. The van der Waals surface area contributed by atoms with Gasteiger partial charge in [-0.05, 0) is 35.2 Å². The quantitative estimate of drug-likeness (QED) is 0.405. The summed E-state index contributed by atoms with van der Waals surface area (Å²) in [7, 11) is 0. The minimum Gasteiger partial charge on any atom is -0.322 e. The third kappa shape index (κ3) is 4.05. The zero-order valence-electron chi connectivity index (χ0n) is 18.8. The lowest BCUT2D eigenvalue weighted by molar-refractivity contribution is 0.0241. The summed E-state index contributed by atoms with van der Waals surface area (Å²) in [5.74, 6) is 0. The van der Waals surface area contributed by atoms with Crippen molar-refractivity contribution in [1.29, 1.82) is 0 Å². The van der Waals surface area contributed by atoms with Gasteiger partial charge < -0.3 is 8.97 Å². The maximum atomic E-state index is 4.76. The van der Waals surface area contributed by atoms with Crippen LogP contribution in [0.25, 0.3) is 22.6 Å². The number of hydrogen-bond acceptors (Lipinski definition) is 5. The molecule has 5 aromatic heterocycles. The molecule has 8 heteroatoms. The van der Waals surface area contributed by atoms with Crippen LogP contribution in [-0.2, 0) is 13.1 Å². The number of likely N-dealkylation sites (tertiary alicyclic amines) is 1. The van der Waals surface area contributed by atoms with Gasteiger partial charge in [0.25, 0.3) is 0 Å². The molecule has 0 amide bonds. The molecule has 1 aliphatic rings. The molecule has 0 aromatic carbocycles.